The predicted molar refractivity (Wildman–Crippen MR) is 85.8 cm³/mol. The predicted octanol–water partition coefficient (Wildman–Crippen LogP) is 0.836. The van der Waals surface area contributed by atoms with E-state index < -0.39 is 0 Å². The van der Waals surface area contributed by atoms with Gasteiger partial charge in [0.05, 0.1) is 11.9 Å². The molecule has 0 spiro atoms. The molecule has 0 bridgehead atoms. The fourth-order valence-electron chi connectivity index (χ4n) is 2.65. The summed E-state index contributed by atoms with van der Waals surface area (Å²) in [6.45, 7) is 3.53. The van der Waals surface area contributed by atoms with E-state index in [4.69, 9.17) is 0 Å². The number of hydrogen-bond acceptors (Lipinski definition) is 7. The van der Waals surface area contributed by atoms with Gasteiger partial charge in [-0.25, -0.2) is 9.67 Å². The molecular formula is C14H18N6OS. The minimum absolute atomic E-state index is 0.0712. The number of rotatable bonds is 3. The zero-order valence-electron chi connectivity index (χ0n) is 12.5. The summed E-state index contributed by atoms with van der Waals surface area (Å²) in [7, 11) is 1.66. The summed E-state index contributed by atoms with van der Waals surface area (Å²) >= 11 is 1.51. The Morgan fingerprint density at radius 1 is 1.18 bits per heavy atom. The summed E-state index contributed by atoms with van der Waals surface area (Å²) in [4.78, 5) is 20.8. The van der Waals surface area contributed by atoms with Gasteiger partial charge >= 0.3 is 0 Å². The van der Waals surface area contributed by atoms with E-state index >= 15 is 0 Å². The molecule has 116 valence electrons. The number of piperazine rings is 1. The van der Waals surface area contributed by atoms with Gasteiger partial charge in [0.25, 0.3) is 5.56 Å². The maximum Gasteiger partial charge on any atom is 0.268 e. The lowest BCUT2D eigenvalue weighted by Crippen LogP contribution is -2.47. The molecule has 2 aliphatic rings. The van der Waals surface area contributed by atoms with Gasteiger partial charge in [-0.3, -0.25) is 4.79 Å². The van der Waals surface area contributed by atoms with Crippen LogP contribution in [-0.4, -0.2) is 45.3 Å². The first-order valence-corrected chi connectivity index (χ1v) is 8.35. The van der Waals surface area contributed by atoms with Gasteiger partial charge in [0.1, 0.15) is 5.82 Å². The molecule has 0 unspecified atom stereocenters. The highest BCUT2D eigenvalue weighted by atomic mass is 32.1. The van der Waals surface area contributed by atoms with Crippen LogP contribution in [0.4, 0.5) is 10.8 Å². The molecular weight excluding hydrogens is 300 g/mol. The van der Waals surface area contributed by atoms with E-state index in [0.29, 0.717) is 5.92 Å². The average molecular weight is 318 g/mol. The lowest BCUT2D eigenvalue weighted by Gasteiger charge is -2.35. The monoisotopic (exact) mass is 318 g/mol. The molecule has 22 heavy (non-hydrogen) atoms. The lowest BCUT2D eigenvalue weighted by molar-refractivity contribution is 0.641. The molecule has 0 amide bonds. The van der Waals surface area contributed by atoms with Gasteiger partial charge in [0.2, 0.25) is 5.13 Å². The van der Waals surface area contributed by atoms with Crippen molar-refractivity contribution in [3.05, 3.63) is 28.4 Å². The summed E-state index contributed by atoms with van der Waals surface area (Å²) in [5, 5.41) is 5.12. The molecule has 3 heterocycles. The Morgan fingerprint density at radius 2 is 1.91 bits per heavy atom. The maximum atomic E-state index is 11.7. The van der Waals surface area contributed by atoms with E-state index in [1.165, 1.54) is 29.1 Å². The molecule has 4 rings (SSSR count). The molecule has 1 aliphatic heterocycles. The molecule has 2 aromatic heterocycles. The topological polar surface area (TPSA) is 67.2 Å². The van der Waals surface area contributed by atoms with Crippen LogP contribution in [-0.2, 0) is 7.05 Å². The van der Waals surface area contributed by atoms with Crippen molar-refractivity contribution >= 4 is 22.4 Å². The molecule has 0 aromatic carbocycles. The number of anilines is 2. The highest BCUT2D eigenvalue weighted by Crippen LogP contribution is 2.39. The number of aryl methyl sites for hydroxylation is 1. The van der Waals surface area contributed by atoms with Crippen LogP contribution in [0.2, 0.25) is 0 Å². The van der Waals surface area contributed by atoms with Gasteiger partial charge in [0, 0.05) is 56.7 Å². The first-order valence-electron chi connectivity index (χ1n) is 7.57. The maximum absolute atomic E-state index is 11.7. The molecule has 8 heteroatoms. The summed E-state index contributed by atoms with van der Waals surface area (Å²) in [6, 6.07) is 1.65. The van der Waals surface area contributed by atoms with E-state index in [1.807, 2.05) is 0 Å². The summed E-state index contributed by atoms with van der Waals surface area (Å²) in [5.41, 5.74) is 0.830. The van der Waals surface area contributed by atoms with Crippen LogP contribution >= 0.6 is 11.5 Å². The second-order valence-corrected chi connectivity index (χ2v) is 6.59. The highest BCUT2D eigenvalue weighted by Gasteiger charge is 2.29. The van der Waals surface area contributed by atoms with Gasteiger partial charge in [-0.2, -0.15) is 9.47 Å². The van der Waals surface area contributed by atoms with Crippen LogP contribution < -0.4 is 15.4 Å². The zero-order chi connectivity index (χ0) is 15.1. The number of aromatic nitrogens is 4. The smallest absolute Gasteiger partial charge is 0.268 e. The third kappa shape index (κ3) is 2.58. The Labute approximate surface area is 132 Å². The Balaban J connectivity index is 1.42. The van der Waals surface area contributed by atoms with Crippen molar-refractivity contribution in [2.75, 3.05) is 36.0 Å². The second-order valence-electron chi connectivity index (χ2n) is 5.86. The van der Waals surface area contributed by atoms with Gasteiger partial charge in [-0.15, -0.1) is 0 Å². The van der Waals surface area contributed by atoms with E-state index in [-0.39, 0.29) is 5.56 Å². The molecule has 1 saturated heterocycles. The van der Waals surface area contributed by atoms with E-state index in [1.54, 1.807) is 19.3 Å². The van der Waals surface area contributed by atoms with Gasteiger partial charge < -0.3 is 9.80 Å². The van der Waals surface area contributed by atoms with E-state index in [2.05, 4.69) is 24.3 Å². The van der Waals surface area contributed by atoms with E-state index in [9.17, 15) is 4.79 Å². The molecule has 1 saturated carbocycles. The summed E-state index contributed by atoms with van der Waals surface area (Å²) in [6.07, 6.45) is 4.23. The molecule has 2 aromatic rings. The fourth-order valence-corrected chi connectivity index (χ4v) is 3.45. The van der Waals surface area contributed by atoms with Crippen LogP contribution in [0.5, 0.6) is 0 Å². The van der Waals surface area contributed by atoms with Crippen molar-refractivity contribution in [1.82, 2.24) is 19.1 Å². The molecule has 0 radical (unpaired) electrons. The standard InChI is InChI=1S/C14H18N6OS/c1-18-12(21)8-11(9-15-18)19-4-6-20(7-5-19)14-16-13(17-22-14)10-2-3-10/h8-10H,2-7H2,1H3. The molecule has 1 aliphatic carbocycles. The van der Waals surface area contributed by atoms with Crippen molar-refractivity contribution in [3.63, 3.8) is 0 Å². The molecule has 7 nitrogen and oxygen atoms in total. The Bertz CT molecular complexity index is 729. The first-order chi connectivity index (χ1) is 10.7. The van der Waals surface area contributed by atoms with Crippen molar-refractivity contribution < 1.29 is 0 Å². The quantitative estimate of drug-likeness (QED) is 0.835. The van der Waals surface area contributed by atoms with Crippen LogP contribution in [0.15, 0.2) is 17.1 Å². The lowest BCUT2D eigenvalue weighted by atomic mass is 10.3. The molecule has 0 atom stereocenters. The Hall–Kier alpha value is -1.96. The van der Waals surface area contributed by atoms with Gasteiger partial charge in [0.15, 0.2) is 0 Å². The van der Waals surface area contributed by atoms with Crippen molar-refractivity contribution in [3.8, 4) is 0 Å². The minimum atomic E-state index is -0.0712. The second kappa shape index (κ2) is 5.35. The normalized spacial score (nSPS) is 18.8. The summed E-state index contributed by atoms with van der Waals surface area (Å²) in [5.74, 6) is 1.64. The first kappa shape index (κ1) is 13.7. The van der Waals surface area contributed by atoms with Crippen LogP contribution in [0.3, 0.4) is 0 Å². The Kier molecular flexibility index (Phi) is 3.33. The van der Waals surface area contributed by atoms with Crippen molar-refractivity contribution in [1.29, 1.82) is 0 Å². The summed E-state index contributed by atoms with van der Waals surface area (Å²) < 4.78 is 5.82. The number of nitrogens with zero attached hydrogens (tertiary/aromatic N) is 6. The van der Waals surface area contributed by atoms with Crippen LogP contribution in [0, 0.1) is 0 Å². The Morgan fingerprint density at radius 3 is 2.59 bits per heavy atom. The van der Waals surface area contributed by atoms with Gasteiger partial charge in [-0.05, 0) is 12.8 Å². The molecule has 0 N–H and O–H groups in total. The average Bonchev–Trinajstić information content (AvgIpc) is 3.28. The van der Waals surface area contributed by atoms with E-state index in [0.717, 1.165) is 42.8 Å². The van der Waals surface area contributed by atoms with Crippen molar-refractivity contribution in [2.45, 2.75) is 18.8 Å². The SMILES string of the molecule is Cn1ncc(N2CCN(c3nc(C4CC4)ns3)CC2)cc1=O. The minimum Gasteiger partial charge on any atom is -0.367 e. The molecule has 2 fully saturated rings. The third-order valence-corrected chi connectivity index (χ3v) is 5.03. The van der Waals surface area contributed by atoms with Crippen LogP contribution in [0.1, 0.15) is 24.6 Å². The third-order valence-electron chi connectivity index (χ3n) is 4.24. The fraction of sp³-hybridized carbons (Fsp3) is 0.571. The van der Waals surface area contributed by atoms with Gasteiger partial charge in [-0.1, -0.05) is 0 Å². The largest absolute Gasteiger partial charge is 0.367 e. The highest BCUT2D eigenvalue weighted by molar-refractivity contribution is 7.09. The van der Waals surface area contributed by atoms with Crippen molar-refractivity contribution in [2.24, 2.45) is 7.05 Å². The zero-order valence-corrected chi connectivity index (χ0v) is 13.3. The number of hydrogen-bond donors (Lipinski definition) is 0. The van der Waals surface area contributed by atoms with Crippen LogP contribution in [0.25, 0.3) is 0 Å².